The van der Waals surface area contributed by atoms with Crippen LogP contribution in [0.2, 0.25) is 0 Å². The third-order valence-electron chi connectivity index (χ3n) is 3.86. The number of nitrogens with one attached hydrogen (secondary N) is 1. The van der Waals surface area contributed by atoms with Gasteiger partial charge in [0.1, 0.15) is 0 Å². The van der Waals surface area contributed by atoms with E-state index in [1.807, 2.05) is 12.1 Å². The summed E-state index contributed by atoms with van der Waals surface area (Å²) in [7, 11) is 2.11. The highest BCUT2D eigenvalue weighted by Gasteiger charge is 2.19. The highest BCUT2D eigenvalue weighted by molar-refractivity contribution is 6.04. The number of piperazine rings is 1. The topological polar surface area (TPSA) is 74.7 Å². The van der Waals surface area contributed by atoms with Gasteiger partial charge in [0, 0.05) is 31.9 Å². The summed E-state index contributed by atoms with van der Waals surface area (Å²) >= 11 is 0. The van der Waals surface area contributed by atoms with Crippen LogP contribution in [-0.2, 0) is 0 Å². The largest absolute Gasteiger partial charge is 0.459 e. The average molecular weight is 300 g/mol. The molecule has 0 bridgehead atoms. The van der Waals surface area contributed by atoms with E-state index in [-0.39, 0.29) is 11.7 Å². The fourth-order valence-corrected chi connectivity index (χ4v) is 2.57. The number of likely N-dealkylation sites (N-methyl/N-ethyl adjacent to an activating group) is 1. The Labute approximate surface area is 129 Å². The molecule has 0 aliphatic carbocycles. The number of hydrogen-bond acceptors (Lipinski definition) is 5. The van der Waals surface area contributed by atoms with E-state index in [2.05, 4.69) is 22.2 Å². The summed E-state index contributed by atoms with van der Waals surface area (Å²) in [4.78, 5) is 16.7. The molecule has 0 saturated carbocycles. The summed E-state index contributed by atoms with van der Waals surface area (Å²) in [5, 5.41) is 2.89. The van der Waals surface area contributed by atoms with Crippen molar-refractivity contribution in [3.05, 3.63) is 42.4 Å². The first-order valence-corrected chi connectivity index (χ1v) is 7.31. The maximum absolute atomic E-state index is 12.2. The van der Waals surface area contributed by atoms with E-state index in [0.29, 0.717) is 11.4 Å². The van der Waals surface area contributed by atoms with Gasteiger partial charge in [-0.1, -0.05) is 0 Å². The number of hydrogen-bond donors (Lipinski definition) is 2. The molecule has 22 heavy (non-hydrogen) atoms. The van der Waals surface area contributed by atoms with Crippen LogP contribution in [0.25, 0.3) is 0 Å². The third kappa shape index (κ3) is 3.07. The molecule has 1 aliphatic heterocycles. The number of nitrogen functional groups attached to an aromatic ring is 1. The lowest BCUT2D eigenvalue weighted by Gasteiger charge is -2.35. The molecule has 6 heteroatoms. The maximum atomic E-state index is 12.2. The normalized spacial score (nSPS) is 15.8. The minimum atomic E-state index is -0.272. The standard InChI is InChI=1S/C16H20N4O2/c1-19-6-8-20(9-7-19)14-5-4-12(17)11-13(14)18-16(21)15-3-2-10-22-15/h2-5,10-11H,6-9,17H2,1H3,(H,18,21). The maximum Gasteiger partial charge on any atom is 0.291 e. The smallest absolute Gasteiger partial charge is 0.291 e. The Morgan fingerprint density at radius 2 is 2.00 bits per heavy atom. The zero-order valence-corrected chi connectivity index (χ0v) is 12.6. The van der Waals surface area contributed by atoms with Gasteiger partial charge in [-0.05, 0) is 37.4 Å². The number of nitrogens with zero attached hydrogens (tertiary/aromatic N) is 2. The lowest BCUT2D eigenvalue weighted by Crippen LogP contribution is -2.44. The minimum Gasteiger partial charge on any atom is -0.459 e. The molecule has 0 atom stereocenters. The van der Waals surface area contributed by atoms with E-state index in [1.54, 1.807) is 18.2 Å². The van der Waals surface area contributed by atoms with Crippen molar-refractivity contribution >= 4 is 23.0 Å². The van der Waals surface area contributed by atoms with Crippen molar-refractivity contribution in [2.75, 3.05) is 49.2 Å². The van der Waals surface area contributed by atoms with Gasteiger partial charge in [-0.15, -0.1) is 0 Å². The number of nitrogens with two attached hydrogens (primary N) is 1. The Kier molecular flexibility index (Phi) is 4.02. The number of benzene rings is 1. The SMILES string of the molecule is CN1CCN(c2ccc(N)cc2NC(=O)c2ccco2)CC1. The number of carbonyl (C=O) groups excluding carboxylic acids is 1. The highest BCUT2D eigenvalue weighted by atomic mass is 16.3. The van der Waals surface area contributed by atoms with E-state index >= 15 is 0 Å². The van der Waals surface area contributed by atoms with Gasteiger partial charge >= 0.3 is 0 Å². The number of carbonyl (C=O) groups is 1. The first-order valence-electron chi connectivity index (χ1n) is 7.31. The summed E-state index contributed by atoms with van der Waals surface area (Å²) in [6.07, 6.45) is 1.48. The van der Waals surface area contributed by atoms with Gasteiger partial charge < -0.3 is 25.3 Å². The van der Waals surface area contributed by atoms with E-state index < -0.39 is 0 Å². The van der Waals surface area contributed by atoms with E-state index in [4.69, 9.17) is 10.2 Å². The predicted octanol–water partition coefficient (Wildman–Crippen LogP) is 1.87. The lowest BCUT2D eigenvalue weighted by atomic mass is 10.2. The second kappa shape index (κ2) is 6.11. The van der Waals surface area contributed by atoms with Gasteiger partial charge in [-0.3, -0.25) is 4.79 Å². The Bertz CT molecular complexity index is 646. The van der Waals surface area contributed by atoms with Crippen molar-refractivity contribution in [1.82, 2.24) is 4.90 Å². The first-order chi connectivity index (χ1) is 10.6. The van der Waals surface area contributed by atoms with E-state index in [1.165, 1.54) is 6.26 Å². The number of amides is 1. The van der Waals surface area contributed by atoms with Crippen molar-refractivity contribution in [2.24, 2.45) is 0 Å². The van der Waals surface area contributed by atoms with Crippen LogP contribution in [-0.4, -0.2) is 44.0 Å². The molecule has 2 aromatic rings. The van der Waals surface area contributed by atoms with Crippen LogP contribution in [0.3, 0.4) is 0 Å². The molecular weight excluding hydrogens is 280 g/mol. The van der Waals surface area contributed by atoms with Crippen molar-refractivity contribution in [1.29, 1.82) is 0 Å². The Balaban J connectivity index is 1.83. The summed E-state index contributed by atoms with van der Waals surface area (Å²) in [5.41, 5.74) is 8.19. The molecule has 0 radical (unpaired) electrons. The molecule has 6 nitrogen and oxygen atoms in total. The van der Waals surface area contributed by atoms with Crippen LogP contribution in [0.4, 0.5) is 17.1 Å². The van der Waals surface area contributed by atoms with E-state index in [0.717, 1.165) is 31.9 Å². The summed E-state index contributed by atoms with van der Waals surface area (Å²) < 4.78 is 5.13. The summed E-state index contributed by atoms with van der Waals surface area (Å²) in [6.45, 7) is 3.83. The fourth-order valence-electron chi connectivity index (χ4n) is 2.57. The molecule has 1 fully saturated rings. The van der Waals surface area contributed by atoms with Crippen LogP contribution >= 0.6 is 0 Å². The van der Waals surface area contributed by atoms with Crippen LogP contribution in [0.5, 0.6) is 0 Å². The Morgan fingerprint density at radius 3 is 2.68 bits per heavy atom. The second-order valence-electron chi connectivity index (χ2n) is 5.50. The van der Waals surface area contributed by atoms with E-state index in [9.17, 15) is 4.79 Å². The predicted molar refractivity (Wildman–Crippen MR) is 87.2 cm³/mol. The van der Waals surface area contributed by atoms with Gasteiger partial charge in [0.25, 0.3) is 5.91 Å². The minimum absolute atomic E-state index is 0.272. The zero-order chi connectivity index (χ0) is 15.5. The van der Waals surface area contributed by atoms with Crippen molar-refractivity contribution in [3.8, 4) is 0 Å². The number of rotatable bonds is 3. The first kappa shape index (κ1) is 14.5. The molecule has 0 spiro atoms. The quantitative estimate of drug-likeness (QED) is 0.846. The highest BCUT2D eigenvalue weighted by Crippen LogP contribution is 2.29. The van der Waals surface area contributed by atoms with Crippen LogP contribution in [0.15, 0.2) is 41.0 Å². The van der Waals surface area contributed by atoms with Crippen LogP contribution in [0, 0.1) is 0 Å². The number of anilines is 3. The van der Waals surface area contributed by atoms with Crippen LogP contribution in [0.1, 0.15) is 10.6 Å². The van der Waals surface area contributed by atoms with Gasteiger partial charge in [0.15, 0.2) is 5.76 Å². The average Bonchev–Trinajstić information content (AvgIpc) is 3.03. The molecule has 0 unspecified atom stereocenters. The molecule has 1 amide bonds. The third-order valence-corrected chi connectivity index (χ3v) is 3.86. The molecule has 2 heterocycles. The molecule has 1 saturated heterocycles. The molecule has 1 aliphatic rings. The van der Waals surface area contributed by atoms with Crippen molar-refractivity contribution in [3.63, 3.8) is 0 Å². The monoisotopic (exact) mass is 300 g/mol. The van der Waals surface area contributed by atoms with Gasteiger partial charge in [-0.2, -0.15) is 0 Å². The Morgan fingerprint density at radius 1 is 1.23 bits per heavy atom. The Hall–Kier alpha value is -2.47. The fraction of sp³-hybridized carbons (Fsp3) is 0.312. The zero-order valence-electron chi connectivity index (χ0n) is 12.6. The molecule has 3 rings (SSSR count). The molecule has 1 aromatic carbocycles. The molecule has 116 valence electrons. The van der Waals surface area contributed by atoms with Gasteiger partial charge in [0.2, 0.25) is 0 Å². The second-order valence-corrected chi connectivity index (χ2v) is 5.50. The molecule has 1 aromatic heterocycles. The van der Waals surface area contributed by atoms with Crippen LogP contribution < -0.4 is 16.0 Å². The van der Waals surface area contributed by atoms with Gasteiger partial charge in [0.05, 0.1) is 17.6 Å². The summed E-state index contributed by atoms with van der Waals surface area (Å²) in [6, 6.07) is 8.93. The lowest BCUT2D eigenvalue weighted by molar-refractivity contribution is 0.0996. The van der Waals surface area contributed by atoms with Crippen molar-refractivity contribution < 1.29 is 9.21 Å². The number of furan rings is 1. The summed E-state index contributed by atoms with van der Waals surface area (Å²) in [5.74, 6) is 0.0118. The van der Waals surface area contributed by atoms with Gasteiger partial charge in [-0.25, -0.2) is 0 Å². The molecule has 3 N–H and O–H groups in total. The van der Waals surface area contributed by atoms with Crippen molar-refractivity contribution in [2.45, 2.75) is 0 Å². The molecular formula is C16H20N4O2.